The number of carbonyl (C=O) groups is 2. The molecule has 0 atom stereocenters. The highest BCUT2D eigenvalue weighted by Gasteiger charge is 2.34. The van der Waals surface area contributed by atoms with E-state index < -0.39 is 5.97 Å². The third-order valence-electron chi connectivity index (χ3n) is 4.28. The van der Waals surface area contributed by atoms with E-state index in [0.717, 1.165) is 18.4 Å². The smallest absolute Gasteiger partial charge is 0.317 e. The quantitative estimate of drug-likeness (QED) is 0.744. The number of rotatable bonds is 8. The number of hydrogen-bond donors (Lipinski definition) is 2. The minimum Gasteiger partial charge on any atom is -0.480 e. The van der Waals surface area contributed by atoms with Gasteiger partial charge in [0.25, 0.3) is 0 Å². The number of carboxylic acids is 1. The average molecular weight is 344 g/mol. The number of carbonyl (C=O) groups excluding carboxylic acids is 1. The number of carboxylic acid groups (broad SMARTS) is 1. The van der Waals surface area contributed by atoms with Gasteiger partial charge in [-0.1, -0.05) is 12.1 Å². The lowest BCUT2D eigenvalue weighted by molar-refractivity contribution is -0.139. The molecule has 0 bridgehead atoms. The molecule has 1 aliphatic rings. The van der Waals surface area contributed by atoms with Crippen molar-refractivity contribution in [3.63, 3.8) is 0 Å². The molecule has 0 saturated heterocycles. The third kappa shape index (κ3) is 4.68. The fraction of sp³-hybridized carbons (Fsp3) is 0.667. The van der Waals surface area contributed by atoms with Crippen LogP contribution in [-0.2, 0) is 16.0 Å². The topological polar surface area (TPSA) is 95.7 Å². The number of halogens is 1. The summed E-state index contributed by atoms with van der Waals surface area (Å²) in [6.45, 7) is 4.48. The first kappa shape index (κ1) is 17.7. The van der Waals surface area contributed by atoms with Gasteiger partial charge in [-0.05, 0) is 44.3 Å². The molecule has 1 aromatic heterocycles. The normalized spacial score (nSPS) is 20.3. The van der Waals surface area contributed by atoms with Crippen LogP contribution in [0.1, 0.15) is 37.4 Å². The van der Waals surface area contributed by atoms with Crippen LogP contribution in [-0.4, -0.2) is 52.2 Å². The Hall–Kier alpha value is -1.60. The second kappa shape index (κ2) is 7.79. The van der Waals surface area contributed by atoms with Crippen LogP contribution in [0.4, 0.5) is 0 Å². The van der Waals surface area contributed by atoms with Crippen molar-refractivity contribution in [1.82, 2.24) is 15.4 Å². The van der Waals surface area contributed by atoms with Gasteiger partial charge in [-0.2, -0.15) is 0 Å². The fourth-order valence-corrected chi connectivity index (χ4v) is 3.12. The standard InChI is InChI=1S/C15H22ClN3O4/c1-3-19(8-14(21)22)11-6-10(7-11)17-13(20)5-4-12-9(2)18-23-15(12)16/h10-11H,3-8H2,1-2H3,(H,17,20)(H,21,22). The average Bonchev–Trinajstić information content (AvgIpc) is 2.77. The zero-order valence-corrected chi connectivity index (χ0v) is 14.1. The second-order valence-corrected chi connectivity index (χ2v) is 6.21. The molecule has 128 valence electrons. The van der Waals surface area contributed by atoms with Gasteiger partial charge in [0.1, 0.15) is 0 Å². The molecular formula is C15H22ClN3O4. The van der Waals surface area contributed by atoms with E-state index in [4.69, 9.17) is 21.2 Å². The molecular weight excluding hydrogens is 322 g/mol. The number of aliphatic carboxylic acids is 1. The van der Waals surface area contributed by atoms with Crippen LogP contribution in [0.15, 0.2) is 4.52 Å². The zero-order valence-electron chi connectivity index (χ0n) is 13.3. The minimum absolute atomic E-state index is 0.0357. The lowest BCUT2D eigenvalue weighted by Crippen LogP contribution is -2.54. The Morgan fingerprint density at radius 2 is 2.17 bits per heavy atom. The summed E-state index contributed by atoms with van der Waals surface area (Å²) in [6, 6.07) is 0.352. The Morgan fingerprint density at radius 1 is 1.48 bits per heavy atom. The monoisotopic (exact) mass is 343 g/mol. The van der Waals surface area contributed by atoms with Crippen molar-refractivity contribution in [3.05, 3.63) is 16.5 Å². The number of aromatic nitrogens is 1. The summed E-state index contributed by atoms with van der Waals surface area (Å²) >= 11 is 5.87. The second-order valence-electron chi connectivity index (χ2n) is 5.87. The summed E-state index contributed by atoms with van der Waals surface area (Å²) in [5.74, 6) is -0.855. The molecule has 1 amide bonds. The van der Waals surface area contributed by atoms with Crippen molar-refractivity contribution in [1.29, 1.82) is 0 Å². The van der Waals surface area contributed by atoms with Crippen molar-refractivity contribution in [2.24, 2.45) is 0 Å². The van der Waals surface area contributed by atoms with Gasteiger partial charge in [0.2, 0.25) is 11.1 Å². The molecule has 0 aromatic carbocycles. The van der Waals surface area contributed by atoms with Gasteiger partial charge in [0.15, 0.2) is 0 Å². The highest BCUT2D eigenvalue weighted by molar-refractivity contribution is 6.29. The van der Waals surface area contributed by atoms with E-state index in [-0.39, 0.29) is 29.8 Å². The highest BCUT2D eigenvalue weighted by atomic mass is 35.5. The highest BCUT2D eigenvalue weighted by Crippen LogP contribution is 2.26. The third-order valence-corrected chi connectivity index (χ3v) is 4.58. The van der Waals surface area contributed by atoms with Crippen molar-refractivity contribution < 1.29 is 19.2 Å². The molecule has 23 heavy (non-hydrogen) atoms. The summed E-state index contributed by atoms with van der Waals surface area (Å²) < 4.78 is 4.86. The maximum absolute atomic E-state index is 12.0. The number of hydrogen-bond acceptors (Lipinski definition) is 5. The molecule has 2 rings (SSSR count). The van der Waals surface area contributed by atoms with Gasteiger partial charge in [-0.15, -0.1) is 0 Å². The molecule has 1 heterocycles. The number of amides is 1. The maximum Gasteiger partial charge on any atom is 0.317 e. The lowest BCUT2D eigenvalue weighted by atomic mass is 9.85. The summed E-state index contributed by atoms with van der Waals surface area (Å²) in [5.41, 5.74) is 1.48. The molecule has 1 saturated carbocycles. The first-order chi connectivity index (χ1) is 10.9. The molecule has 8 heteroatoms. The molecule has 1 aliphatic carbocycles. The summed E-state index contributed by atoms with van der Waals surface area (Å²) in [5, 5.41) is 15.8. The number of likely N-dealkylation sites (N-methyl/N-ethyl adjacent to an activating group) is 1. The molecule has 1 fully saturated rings. The van der Waals surface area contributed by atoms with Crippen molar-refractivity contribution >= 4 is 23.5 Å². The molecule has 0 spiro atoms. The Morgan fingerprint density at radius 3 is 2.70 bits per heavy atom. The van der Waals surface area contributed by atoms with E-state index in [1.165, 1.54) is 0 Å². The molecule has 2 N–H and O–H groups in total. The SMILES string of the molecule is CCN(CC(=O)O)C1CC(NC(=O)CCc2c(C)noc2Cl)C1. The predicted molar refractivity (Wildman–Crippen MR) is 84.4 cm³/mol. The van der Waals surface area contributed by atoms with Crippen LogP contribution in [0.5, 0.6) is 0 Å². The minimum atomic E-state index is -0.819. The van der Waals surface area contributed by atoms with E-state index >= 15 is 0 Å². The Balaban J connectivity index is 1.71. The van der Waals surface area contributed by atoms with Crippen molar-refractivity contribution in [3.8, 4) is 0 Å². The Kier molecular flexibility index (Phi) is 6.01. The molecule has 0 radical (unpaired) electrons. The fourth-order valence-electron chi connectivity index (χ4n) is 2.86. The van der Waals surface area contributed by atoms with Gasteiger partial charge >= 0.3 is 5.97 Å². The lowest BCUT2D eigenvalue weighted by Gasteiger charge is -2.42. The van der Waals surface area contributed by atoms with E-state index in [1.807, 2.05) is 11.8 Å². The maximum atomic E-state index is 12.0. The van der Waals surface area contributed by atoms with Crippen LogP contribution in [0.3, 0.4) is 0 Å². The number of nitrogens with one attached hydrogen (secondary N) is 1. The van der Waals surface area contributed by atoms with E-state index in [2.05, 4.69) is 10.5 Å². The molecule has 7 nitrogen and oxygen atoms in total. The Labute approximate surface area is 140 Å². The van der Waals surface area contributed by atoms with Gasteiger partial charge in [0.05, 0.1) is 12.2 Å². The van der Waals surface area contributed by atoms with Crippen molar-refractivity contribution in [2.45, 2.75) is 51.6 Å². The van der Waals surface area contributed by atoms with Crippen molar-refractivity contribution in [2.75, 3.05) is 13.1 Å². The van der Waals surface area contributed by atoms with Crippen LogP contribution in [0.25, 0.3) is 0 Å². The molecule has 0 unspecified atom stereocenters. The first-order valence-electron chi connectivity index (χ1n) is 7.76. The molecule has 1 aromatic rings. The van der Waals surface area contributed by atoms with E-state index in [9.17, 15) is 9.59 Å². The van der Waals surface area contributed by atoms with E-state index in [0.29, 0.717) is 25.1 Å². The van der Waals surface area contributed by atoms with Gasteiger partial charge in [-0.25, -0.2) is 0 Å². The number of aryl methyl sites for hydroxylation is 1. The summed E-state index contributed by atoms with van der Waals surface area (Å²) in [6.07, 6.45) is 2.41. The van der Waals surface area contributed by atoms with Crippen LogP contribution < -0.4 is 5.32 Å². The van der Waals surface area contributed by atoms with Crippen LogP contribution in [0.2, 0.25) is 5.22 Å². The predicted octanol–water partition coefficient (Wildman–Crippen LogP) is 1.62. The largest absolute Gasteiger partial charge is 0.480 e. The summed E-state index contributed by atoms with van der Waals surface area (Å²) in [4.78, 5) is 24.7. The summed E-state index contributed by atoms with van der Waals surface area (Å²) in [7, 11) is 0. The molecule has 0 aliphatic heterocycles. The van der Waals surface area contributed by atoms with Gasteiger partial charge in [0, 0.05) is 24.1 Å². The number of nitrogens with zero attached hydrogens (tertiary/aromatic N) is 2. The zero-order chi connectivity index (χ0) is 17.0. The van der Waals surface area contributed by atoms with Crippen LogP contribution in [0, 0.1) is 6.92 Å². The first-order valence-corrected chi connectivity index (χ1v) is 8.14. The van der Waals surface area contributed by atoms with E-state index in [1.54, 1.807) is 6.92 Å². The Bertz CT molecular complexity index is 550. The van der Waals surface area contributed by atoms with Crippen LogP contribution >= 0.6 is 11.6 Å². The van der Waals surface area contributed by atoms with Gasteiger partial charge < -0.3 is 14.9 Å². The van der Waals surface area contributed by atoms with Gasteiger partial charge in [-0.3, -0.25) is 14.5 Å².